The molecule has 1 aromatic carbocycles. The van der Waals surface area contributed by atoms with Gasteiger partial charge in [-0.05, 0) is 39.3 Å². The lowest BCUT2D eigenvalue weighted by Gasteiger charge is -2.25. The van der Waals surface area contributed by atoms with Crippen LogP contribution in [0.25, 0.3) is 0 Å². The van der Waals surface area contributed by atoms with E-state index < -0.39 is 0 Å². The first kappa shape index (κ1) is 14.7. The van der Waals surface area contributed by atoms with Crippen molar-refractivity contribution >= 4 is 11.6 Å². The van der Waals surface area contributed by atoms with Crippen LogP contribution in [0, 0.1) is 6.92 Å². The molecule has 0 radical (unpaired) electrons. The summed E-state index contributed by atoms with van der Waals surface area (Å²) in [5, 5.41) is 6.16. The number of aryl methyl sites for hydroxylation is 1. The molecule has 1 amide bonds. The Morgan fingerprint density at radius 1 is 1.22 bits per heavy atom. The largest absolute Gasteiger partial charge is 0.325 e. The summed E-state index contributed by atoms with van der Waals surface area (Å²) in [5.41, 5.74) is 2.05. The Morgan fingerprint density at radius 3 is 2.39 bits per heavy atom. The normalized spacial score (nSPS) is 11.3. The van der Waals surface area contributed by atoms with Crippen molar-refractivity contribution in [3.63, 3.8) is 0 Å². The number of amides is 1. The number of hydrogen-bond donors (Lipinski definition) is 2. The lowest BCUT2D eigenvalue weighted by Crippen LogP contribution is -2.43. The van der Waals surface area contributed by atoms with Crippen LogP contribution in [0.2, 0.25) is 0 Å². The first-order valence-corrected chi connectivity index (χ1v) is 6.54. The fourth-order valence-corrected chi connectivity index (χ4v) is 1.88. The van der Waals surface area contributed by atoms with E-state index in [9.17, 15) is 4.79 Å². The maximum Gasteiger partial charge on any atom is 0.238 e. The molecule has 0 bridgehead atoms. The molecule has 1 rings (SSSR count). The van der Waals surface area contributed by atoms with Gasteiger partial charge >= 0.3 is 0 Å². The van der Waals surface area contributed by atoms with Gasteiger partial charge in [0.15, 0.2) is 0 Å². The Labute approximate surface area is 110 Å². The molecule has 18 heavy (non-hydrogen) atoms. The number of anilines is 1. The van der Waals surface area contributed by atoms with E-state index in [1.807, 2.05) is 31.2 Å². The van der Waals surface area contributed by atoms with Crippen molar-refractivity contribution in [2.45, 2.75) is 46.1 Å². The summed E-state index contributed by atoms with van der Waals surface area (Å²) >= 11 is 0. The Bertz CT molecular complexity index is 382. The molecule has 2 N–H and O–H groups in total. The zero-order valence-corrected chi connectivity index (χ0v) is 11.8. The molecule has 0 aliphatic heterocycles. The second-order valence-corrected chi connectivity index (χ2v) is 5.40. The SMILES string of the molecule is CCCC(C)(C)NCC(=O)Nc1ccc(C)cc1. The third-order valence-corrected chi connectivity index (χ3v) is 2.94. The van der Waals surface area contributed by atoms with Gasteiger partial charge in [-0.15, -0.1) is 0 Å². The molecule has 0 saturated heterocycles. The van der Waals surface area contributed by atoms with Crippen molar-refractivity contribution in [3.05, 3.63) is 29.8 Å². The van der Waals surface area contributed by atoms with E-state index in [-0.39, 0.29) is 11.4 Å². The van der Waals surface area contributed by atoms with Gasteiger partial charge < -0.3 is 10.6 Å². The fourth-order valence-electron chi connectivity index (χ4n) is 1.88. The molecule has 0 unspecified atom stereocenters. The van der Waals surface area contributed by atoms with Crippen LogP contribution in [0.3, 0.4) is 0 Å². The highest BCUT2D eigenvalue weighted by Gasteiger charge is 2.16. The van der Waals surface area contributed by atoms with Crippen molar-refractivity contribution in [1.29, 1.82) is 0 Å². The first-order valence-electron chi connectivity index (χ1n) is 6.54. The number of benzene rings is 1. The molecule has 0 aromatic heterocycles. The van der Waals surface area contributed by atoms with Crippen molar-refractivity contribution in [3.8, 4) is 0 Å². The molecule has 100 valence electrons. The maximum absolute atomic E-state index is 11.8. The second kappa shape index (κ2) is 6.55. The van der Waals surface area contributed by atoms with Crippen molar-refractivity contribution < 1.29 is 4.79 Å². The number of nitrogens with one attached hydrogen (secondary N) is 2. The third kappa shape index (κ3) is 5.32. The van der Waals surface area contributed by atoms with E-state index in [2.05, 4.69) is 31.4 Å². The molecule has 3 heteroatoms. The van der Waals surface area contributed by atoms with Crippen LogP contribution in [0.5, 0.6) is 0 Å². The minimum atomic E-state index is 0.00281. The van der Waals surface area contributed by atoms with Gasteiger partial charge in [-0.3, -0.25) is 4.79 Å². The zero-order chi connectivity index (χ0) is 13.6. The number of carbonyl (C=O) groups is 1. The minimum Gasteiger partial charge on any atom is -0.325 e. The van der Waals surface area contributed by atoms with E-state index >= 15 is 0 Å². The van der Waals surface area contributed by atoms with Crippen LogP contribution in [0.4, 0.5) is 5.69 Å². The summed E-state index contributed by atoms with van der Waals surface area (Å²) < 4.78 is 0. The van der Waals surface area contributed by atoms with Crippen molar-refractivity contribution in [2.75, 3.05) is 11.9 Å². The third-order valence-electron chi connectivity index (χ3n) is 2.94. The molecule has 0 spiro atoms. The predicted octanol–water partition coefficient (Wildman–Crippen LogP) is 3.10. The van der Waals surface area contributed by atoms with Crippen molar-refractivity contribution in [1.82, 2.24) is 5.32 Å². The van der Waals surface area contributed by atoms with Crippen LogP contribution in [0.1, 0.15) is 39.2 Å². The number of rotatable bonds is 6. The average molecular weight is 248 g/mol. The van der Waals surface area contributed by atoms with Crippen LogP contribution in [-0.2, 0) is 4.79 Å². The van der Waals surface area contributed by atoms with E-state index in [4.69, 9.17) is 0 Å². The quantitative estimate of drug-likeness (QED) is 0.812. The van der Waals surface area contributed by atoms with Gasteiger partial charge in [-0.1, -0.05) is 31.0 Å². The Morgan fingerprint density at radius 2 is 1.83 bits per heavy atom. The Balaban J connectivity index is 2.40. The molecule has 0 saturated carbocycles. The summed E-state index contributed by atoms with van der Waals surface area (Å²) in [6, 6.07) is 7.82. The van der Waals surface area contributed by atoms with E-state index in [1.54, 1.807) is 0 Å². The molecule has 0 heterocycles. The topological polar surface area (TPSA) is 41.1 Å². The number of hydrogen-bond acceptors (Lipinski definition) is 2. The van der Waals surface area contributed by atoms with Gasteiger partial charge in [0.1, 0.15) is 0 Å². The summed E-state index contributed by atoms with van der Waals surface area (Å²) in [5.74, 6) is 0.00281. The summed E-state index contributed by atoms with van der Waals surface area (Å²) in [4.78, 5) is 11.8. The smallest absolute Gasteiger partial charge is 0.238 e. The first-order chi connectivity index (χ1) is 8.43. The summed E-state index contributed by atoms with van der Waals surface area (Å²) in [6.07, 6.45) is 2.17. The second-order valence-electron chi connectivity index (χ2n) is 5.40. The van der Waals surface area contributed by atoms with Crippen LogP contribution in [-0.4, -0.2) is 18.0 Å². The van der Waals surface area contributed by atoms with Crippen LogP contribution >= 0.6 is 0 Å². The Hall–Kier alpha value is -1.35. The summed E-state index contributed by atoms with van der Waals surface area (Å²) in [6.45, 7) is 8.77. The van der Waals surface area contributed by atoms with Gasteiger partial charge in [0.05, 0.1) is 6.54 Å². The van der Waals surface area contributed by atoms with Gasteiger partial charge in [-0.25, -0.2) is 0 Å². The van der Waals surface area contributed by atoms with Crippen LogP contribution in [0.15, 0.2) is 24.3 Å². The highest BCUT2D eigenvalue weighted by atomic mass is 16.1. The van der Waals surface area contributed by atoms with Crippen LogP contribution < -0.4 is 10.6 Å². The highest BCUT2D eigenvalue weighted by molar-refractivity contribution is 5.92. The lowest BCUT2D eigenvalue weighted by atomic mass is 9.99. The Kier molecular flexibility index (Phi) is 5.35. The fraction of sp³-hybridized carbons (Fsp3) is 0.533. The summed E-state index contributed by atoms with van der Waals surface area (Å²) in [7, 11) is 0. The van der Waals surface area contributed by atoms with E-state index in [1.165, 1.54) is 5.56 Å². The molecule has 0 aliphatic rings. The van der Waals surface area contributed by atoms with Crippen molar-refractivity contribution in [2.24, 2.45) is 0 Å². The monoisotopic (exact) mass is 248 g/mol. The van der Waals surface area contributed by atoms with Gasteiger partial charge in [0, 0.05) is 11.2 Å². The molecule has 0 fully saturated rings. The molecular weight excluding hydrogens is 224 g/mol. The molecule has 0 atom stereocenters. The number of carbonyl (C=O) groups excluding carboxylic acids is 1. The molecular formula is C15H24N2O. The lowest BCUT2D eigenvalue weighted by molar-refractivity contribution is -0.115. The average Bonchev–Trinajstić information content (AvgIpc) is 2.30. The standard InChI is InChI=1S/C15H24N2O/c1-5-10-15(3,4)16-11-14(18)17-13-8-6-12(2)7-9-13/h6-9,16H,5,10-11H2,1-4H3,(H,17,18). The zero-order valence-electron chi connectivity index (χ0n) is 11.8. The molecule has 3 nitrogen and oxygen atoms in total. The molecule has 0 aliphatic carbocycles. The van der Waals surface area contributed by atoms with Gasteiger partial charge in [0.25, 0.3) is 0 Å². The van der Waals surface area contributed by atoms with E-state index in [0.29, 0.717) is 6.54 Å². The highest BCUT2D eigenvalue weighted by Crippen LogP contribution is 2.11. The predicted molar refractivity (Wildman–Crippen MR) is 76.8 cm³/mol. The molecule has 1 aromatic rings. The van der Waals surface area contributed by atoms with Gasteiger partial charge in [-0.2, -0.15) is 0 Å². The van der Waals surface area contributed by atoms with Gasteiger partial charge in [0.2, 0.25) is 5.91 Å². The minimum absolute atomic E-state index is 0.00281. The van der Waals surface area contributed by atoms with E-state index in [0.717, 1.165) is 18.5 Å². The maximum atomic E-state index is 11.8.